The van der Waals surface area contributed by atoms with E-state index in [4.69, 9.17) is 4.74 Å². The lowest BCUT2D eigenvalue weighted by Crippen LogP contribution is -2.42. The first-order valence-corrected chi connectivity index (χ1v) is 11.7. The summed E-state index contributed by atoms with van der Waals surface area (Å²) in [7, 11) is -3.92. The van der Waals surface area contributed by atoms with Crippen molar-refractivity contribution >= 4 is 33.0 Å². The van der Waals surface area contributed by atoms with Gasteiger partial charge in [-0.1, -0.05) is 6.07 Å². The van der Waals surface area contributed by atoms with E-state index in [1.54, 1.807) is 11.4 Å². The second kappa shape index (κ2) is 10.1. The number of morpholine rings is 1. The van der Waals surface area contributed by atoms with Gasteiger partial charge in [-0.25, -0.2) is 12.8 Å². The summed E-state index contributed by atoms with van der Waals surface area (Å²) in [4.78, 5) is 14.7. The van der Waals surface area contributed by atoms with Gasteiger partial charge in [0, 0.05) is 19.6 Å². The molecule has 1 N–H and O–H groups in total. The Kier molecular flexibility index (Phi) is 7.59. The Balaban J connectivity index is 1.62. The van der Waals surface area contributed by atoms with E-state index in [0.29, 0.717) is 6.54 Å². The lowest BCUT2D eigenvalue weighted by molar-refractivity contribution is -0.119. The molecule has 0 aliphatic carbocycles. The van der Waals surface area contributed by atoms with Gasteiger partial charge in [-0.3, -0.25) is 14.0 Å². The molecule has 1 aromatic carbocycles. The summed E-state index contributed by atoms with van der Waals surface area (Å²) in [5, 5.41) is 4.43. The molecule has 0 radical (unpaired) electrons. The molecular weight excluding hydrogens is 417 g/mol. The summed E-state index contributed by atoms with van der Waals surface area (Å²) in [6.07, 6.45) is 0.764. The maximum atomic E-state index is 13.3. The first-order valence-electron chi connectivity index (χ1n) is 9.35. The lowest BCUT2D eigenvalue weighted by Gasteiger charge is -2.26. The topological polar surface area (TPSA) is 79.0 Å². The van der Waals surface area contributed by atoms with Crippen LogP contribution in [0.2, 0.25) is 0 Å². The average molecular weight is 442 g/mol. The number of amides is 1. The maximum Gasteiger partial charge on any atom is 0.274 e. The Hall–Kier alpha value is -2.01. The minimum Gasteiger partial charge on any atom is -0.379 e. The maximum absolute atomic E-state index is 13.3. The third kappa shape index (κ3) is 5.99. The molecule has 10 heteroatoms. The predicted octanol–water partition coefficient (Wildman–Crippen LogP) is 1.92. The van der Waals surface area contributed by atoms with E-state index >= 15 is 0 Å². The molecule has 2 aromatic rings. The number of carbonyl (C=O) groups is 1. The molecule has 1 saturated heterocycles. The quantitative estimate of drug-likeness (QED) is 0.602. The van der Waals surface area contributed by atoms with Crippen molar-refractivity contribution in [3.63, 3.8) is 0 Å². The Morgan fingerprint density at radius 1 is 1.21 bits per heavy atom. The number of benzene rings is 1. The molecule has 1 fully saturated rings. The number of rotatable bonds is 9. The Morgan fingerprint density at radius 2 is 1.93 bits per heavy atom. The number of hydrogen-bond donors (Lipinski definition) is 1. The van der Waals surface area contributed by atoms with Gasteiger partial charge in [0.25, 0.3) is 10.0 Å². The Morgan fingerprint density at radius 3 is 2.59 bits per heavy atom. The first-order chi connectivity index (χ1) is 14.0. The highest BCUT2D eigenvalue weighted by Crippen LogP contribution is 2.26. The van der Waals surface area contributed by atoms with Gasteiger partial charge in [0.2, 0.25) is 5.91 Å². The van der Waals surface area contributed by atoms with Crippen molar-refractivity contribution in [1.29, 1.82) is 0 Å². The number of hydrogen-bond acceptors (Lipinski definition) is 6. The number of ether oxygens (including phenoxy) is 1. The van der Waals surface area contributed by atoms with Gasteiger partial charge in [0.05, 0.1) is 18.9 Å². The molecule has 2 heterocycles. The third-order valence-corrected chi connectivity index (χ3v) is 7.67. The number of nitrogens with zero attached hydrogens (tertiary/aromatic N) is 2. The largest absolute Gasteiger partial charge is 0.379 e. The molecule has 3 rings (SSSR count). The fraction of sp³-hybridized carbons (Fsp3) is 0.421. The smallest absolute Gasteiger partial charge is 0.274 e. The molecule has 1 aromatic heterocycles. The molecule has 1 amide bonds. The highest BCUT2D eigenvalue weighted by molar-refractivity contribution is 7.94. The van der Waals surface area contributed by atoms with Crippen molar-refractivity contribution < 1.29 is 22.3 Å². The first kappa shape index (κ1) is 21.7. The summed E-state index contributed by atoms with van der Waals surface area (Å²) in [6, 6.07) is 8.17. The van der Waals surface area contributed by atoms with E-state index < -0.39 is 21.7 Å². The summed E-state index contributed by atoms with van der Waals surface area (Å²) < 4.78 is 45.7. The zero-order chi connectivity index (χ0) is 20.7. The monoisotopic (exact) mass is 441 g/mol. The van der Waals surface area contributed by atoms with Gasteiger partial charge in [0.1, 0.15) is 16.6 Å². The summed E-state index contributed by atoms with van der Waals surface area (Å²) in [5.41, 5.74) is 0.239. The van der Waals surface area contributed by atoms with E-state index in [-0.39, 0.29) is 16.4 Å². The van der Waals surface area contributed by atoms with Crippen LogP contribution in [0.3, 0.4) is 0 Å². The minimum absolute atomic E-state index is 0.127. The van der Waals surface area contributed by atoms with E-state index in [1.165, 1.54) is 30.3 Å². The van der Waals surface area contributed by atoms with Gasteiger partial charge in [0.15, 0.2) is 0 Å². The molecule has 0 spiro atoms. The molecule has 1 aliphatic heterocycles. The fourth-order valence-electron chi connectivity index (χ4n) is 2.98. The van der Waals surface area contributed by atoms with Crippen molar-refractivity contribution in [2.24, 2.45) is 0 Å². The second-order valence-electron chi connectivity index (χ2n) is 6.58. The van der Waals surface area contributed by atoms with Crippen LogP contribution in [0.5, 0.6) is 0 Å². The van der Waals surface area contributed by atoms with E-state index in [2.05, 4.69) is 10.2 Å². The standard InChI is InChI=1S/C19H24FN3O4S2/c20-16-4-6-17(7-5-16)23(29(25,26)19-3-1-14-28-19)15-18(24)21-8-2-9-22-10-12-27-13-11-22/h1,3-7,14H,2,8-13,15H2,(H,21,24). The van der Waals surface area contributed by atoms with Crippen molar-refractivity contribution in [2.45, 2.75) is 10.6 Å². The minimum atomic E-state index is -3.92. The number of sulfonamides is 1. The van der Waals surface area contributed by atoms with Crippen LogP contribution >= 0.6 is 11.3 Å². The van der Waals surface area contributed by atoms with Crippen LogP contribution in [0.4, 0.5) is 10.1 Å². The van der Waals surface area contributed by atoms with Crippen molar-refractivity contribution in [2.75, 3.05) is 50.2 Å². The Labute approximate surface area is 174 Å². The Bertz CT molecular complexity index is 883. The molecule has 29 heavy (non-hydrogen) atoms. The molecule has 0 atom stereocenters. The lowest BCUT2D eigenvalue weighted by atomic mass is 10.3. The zero-order valence-corrected chi connectivity index (χ0v) is 17.6. The van der Waals surface area contributed by atoms with Crippen LogP contribution in [0.25, 0.3) is 0 Å². The highest BCUT2D eigenvalue weighted by Gasteiger charge is 2.28. The van der Waals surface area contributed by atoms with Crippen molar-refractivity contribution in [3.05, 3.63) is 47.6 Å². The number of thiophene rings is 1. The second-order valence-corrected chi connectivity index (χ2v) is 9.61. The molecule has 0 saturated carbocycles. The van der Waals surface area contributed by atoms with E-state index in [0.717, 1.165) is 54.9 Å². The molecule has 1 aliphatic rings. The molecule has 0 unspecified atom stereocenters. The normalized spacial score (nSPS) is 15.2. The number of halogens is 1. The van der Waals surface area contributed by atoms with Crippen LogP contribution < -0.4 is 9.62 Å². The fourth-order valence-corrected chi connectivity index (χ4v) is 5.51. The van der Waals surface area contributed by atoms with Gasteiger partial charge in [-0.2, -0.15) is 0 Å². The third-order valence-electron chi connectivity index (χ3n) is 4.52. The van der Waals surface area contributed by atoms with E-state index in [1.807, 2.05) is 0 Å². The van der Waals surface area contributed by atoms with Gasteiger partial charge in [-0.05, 0) is 48.7 Å². The zero-order valence-electron chi connectivity index (χ0n) is 15.9. The molecule has 0 bridgehead atoms. The summed E-state index contributed by atoms with van der Waals surface area (Å²) >= 11 is 1.07. The van der Waals surface area contributed by atoms with Gasteiger partial charge >= 0.3 is 0 Å². The van der Waals surface area contributed by atoms with Crippen LogP contribution in [0, 0.1) is 5.82 Å². The highest BCUT2D eigenvalue weighted by atomic mass is 32.2. The number of anilines is 1. The SMILES string of the molecule is O=C(CN(c1ccc(F)cc1)S(=O)(=O)c1cccs1)NCCCN1CCOCC1. The van der Waals surface area contributed by atoms with Crippen LogP contribution in [0.15, 0.2) is 46.0 Å². The summed E-state index contributed by atoms with van der Waals surface area (Å²) in [5.74, 6) is -0.883. The van der Waals surface area contributed by atoms with Crippen LogP contribution in [-0.2, 0) is 19.6 Å². The molecule has 158 valence electrons. The average Bonchev–Trinajstić information content (AvgIpc) is 3.27. The van der Waals surface area contributed by atoms with Crippen molar-refractivity contribution in [1.82, 2.24) is 10.2 Å². The van der Waals surface area contributed by atoms with Gasteiger partial charge < -0.3 is 10.1 Å². The number of carbonyl (C=O) groups excluding carboxylic acids is 1. The number of nitrogens with one attached hydrogen (secondary N) is 1. The predicted molar refractivity (Wildman–Crippen MR) is 110 cm³/mol. The van der Waals surface area contributed by atoms with Gasteiger partial charge in [-0.15, -0.1) is 11.3 Å². The molecule has 7 nitrogen and oxygen atoms in total. The van der Waals surface area contributed by atoms with Crippen LogP contribution in [-0.4, -0.2) is 65.2 Å². The summed E-state index contributed by atoms with van der Waals surface area (Å²) in [6.45, 7) is 4.13. The van der Waals surface area contributed by atoms with Crippen molar-refractivity contribution in [3.8, 4) is 0 Å². The van der Waals surface area contributed by atoms with E-state index in [9.17, 15) is 17.6 Å². The van der Waals surface area contributed by atoms with Crippen LogP contribution in [0.1, 0.15) is 6.42 Å². The molecular formula is C19H24FN3O4S2.